The maximum Gasteiger partial charge on any atom is 0.308 e. The largest absolute Gasteiger partial charge is 0.481 e. The highest BCUT2D eigenvalue weighted by Gasteiger charge is 2.47. The topological polar surface area (TPSA) is 124 Å². The van der Waals surface area contributed by atoms with Gasteiger partial charge in [-0.3, -0.25) is 9.48 Å². The molecule has 3 aliphatic rings. The van der Waals surface area contributed by atoms with Crippen LogP contribution in [0.5, 0.6) is 0 Å². The molecule has 3 saturated carbocycles. The normalized spacial score (nSPS) is 19.7. The number of carbonyl (C=O) groups is 1. The molecule has 0 saturated heterocycles. The zero-order valence-electron chi connectivity index (χ0n) is 29.0. The highest BCUT2D eigenvalue weighted by Crippen LogP contribution is 2.47. The molecule has 0 amide bonds. The van der Waals surface area contributed by atoms with E-state index in [1.807, 2.05) is 84.7 Å². The second-order valence-corrected chi connectivity index (χ2v) is 14.6. The van der Waals surface area contributed by atoms with E-state index >= 15 is 0 Å². The number of nitrogens with zero attached hydrogens (tertiary/aromatic N) is 7. The lowest BCUT2D eigenvalue weighted by Gasteiger charge is -2.47. The molecule has 2 bridgehead atoms. The van der Waals surface area contributed by atoms with E-state index in [1.54, 1.807) is 17.1 Å². The van der Waals surface area contributed by atoms with Crippen LogP contribution in [0.15, 0.2) is 122 Å². The van der Waals surface area contributed by atoms with Gasteiger partial charge in [-0.15, -0.1) is 0 Å². The first kappa shape index (κ1) is 33.0. The van der Waals surface area contributed by atoms with E-state index in [-0.39, 0.29) is 17.9 Å². The van der Waals surface area contributed by atoms with Gasteiger partial charge in [0.2, 0.25) is 0 Å². The molecule has 2 unspecified atom stereocenters. The number of aryl methyl sites for hydroxylation is 1. The van der Waals surface area contributed by atoms with Gasteiger partial charge < -0.3 is 10.4 Å². The van der Waals surface area contributed by atoms with Crippen molar-refractivity contribution in [3.05, 3.63) is 143 Å². The Labute approximate surface area is 311 Å². The average Bonchev–Trinajstić information content (AvgIpc) is 3.80. The molecule has 2 N–H and O–H groups in total. The van der Waals surface area contributed by atoms with E-state index in [4.69, 9.17) is 31.7 Å². The minimum absolute atomic E-state index is 0.143. The number of fused-ring (bicyclic) bond motifs is 4. The quantitative estimate of drug-likeness (QED) is 0.144. The minimum atomic E-state index is -0.959. The third kappa shape index (κ3) is 5.65. The third-order valence-electron chi connectivity index (χ3n) is 11.1. The van der Waals surface area contributed by atoms with E-state index in [9.17, 15) is 9.90 Å². The number of anilines is 1. The van der Waals surface area contributed by atoms with Crippen LogP contribution in [0.1, 0.15) is 42.4 Å². The predicted octanol–water partition coefficient (Wildman–Crippen LogP) is 8.08. The van der Waals surface area contributed by atoms with Gasteiger partial charge in [0.1, 0.15) is 17.1 Å². The first-order valence-corrected chi connectivity index (χ1v) is 18.4. The van der Waals surface area contributed by atoms with Crippen LogP contribution in [0, 0.1) is 17.8 Å². The van der Waals surface area contributed by atoms with Crippen LogP contribution in [0.3, 0.4) is 0 Å². The Balaban J connectivity index is 1.30. The Morgan fingerprint density at radius 3 is 2.00 bits per heavy atom. The molecule has 53 heavy (non-hydrogen) atoms. The lowest BCUT2D eigenvalue weighted by atomic mass is 9.61. The van der Waals surface area contributed by atoms with Crippen LogP contribution in [-0.4, -0.2) is 51.6 Å². The number of benzene rings is 3. The molecular formula is C42H37ClN8O2. The summed E-state index contributed by atoms with van der Waals surface area (Å²) in [6.45, 7) is 0. The lowest BCUT2D eigenvalue weighted by Crippen LogP contribution is -2.51. The molecular weight excluding hydrogens is 684 g/mol. The van der Waals surface area contributed by atoms with Crippen LogP contribution >= 0.6 is 11.6 Å². The maximum absolute atomic E-state index is 12.6. The first-order valence-electron chi connectivity index (χ1n) is 18.0. The Bertz CT molecular complexity index is 2330. The summed E-state index contributed by atoms with van der Waals surface area (Å²) in [4.78, 5) is 27.8. The number of aromatic nitrogens is 7. The van der Waals surface area contributed by atoms with Crippen molar-refractivity contribution in [2.24, 2.45) is 24.8 Å². The van der Waals surface area contributed by atoms with Crippen molar-refractivity contribution in [3.63, 3.8) is 0 Å². The maximum atomic E-state index is 12.6. The van der Waals surface area contributed by atoms with Crippen molar-refractivity contribution in [3.8, 4) is 22.8 Å². The number of carboxylic acids is 1. The number of pyridine rings is 1. The van der Waals surface area contributed by atoms with Crippen LogP contribution in [-0.2, 0) is 17.4 Å². The number of aliphatic carboxylic acids is 1. The summed E-state index contributed by atoms with van der Waals surface area (Å²) in [5.74, 6) is 0.0299. The second kappa shape index (κ2) is 13.3. The predicted molar refractivity (Wildman–Crippen MR) is 204 cm³/mol. The number of nitrogens with one attached hydrogen (secondary N) is 1. The summed E-state index contributed by atoms with van der Waals surface area (Å²) < 4.78 is 3.70. The smallest absolute Gasteiger partial charge is 0.308 e. The number of carboxylic acid groups (broad SMARTS) is 1. The Morgan fingerprint density at radius 2 is 1.43 bits per heavy atom. The molecule has 3 aliphatic carbocycles. The minimum Gasteiger partial charge on any atom is -0.481 e. The van der Waals surface area contributed by atoms with Crippen LogP contribution in [0.25, 0.3) is 33.8 Å². The summed E-state index contributed by atoms with van der Waals surface area (Å²) >= 11 is 6.71. The number of rotatable bonds is 9. The van der Waals surface area contributed by atoms with Gasteiger partial charge in [-0.1, -0.05) is 103 Å². The van der Waals surface area contributed by atoms with Gasteiger partial charge in [-0.05, 0) is 60.3 Å². The molecule has 0 spiro atoms. The molecule has 0 radical (unpaired) electrons. The molecule has 3 fully saturated rings. The van der Waals surface area contributed by atoms with Crippen molar-refractivity contribution in [1.29, 1.82) is 0 Å². The summed E-state index contributed by atoms with van der Waals surface area (Å²) in [6.07, 6.45) is 9.19. The van der Waals surface area contributed by atoms with E-state index in [0.29, 0.717) is 39.1 Å². The van der Waals surface area contributed by atoms with Gasteiger partial charge in [0.15, 0.2) is 11.5 Å². The summed E-state index contributed by atoms with van der Waals surface area (Å²) in [6, 6.07) is 34.4. The van der Waals surface area contributed by atoms with Crippen LogP contribution in [0.2, 0.25) is 5.02 Å². The molecule has 3 aromatic carbocycles. The monoisotopic (exact) mass is 720 g/mol. The van der Waals surface area contributed by atoms with Crippen molar-refractivity contribution in [2.75, 3.05) is 5.32 Å². The zero-order chi connectivity index (χ0) is 36.1. The highest BCUT2D eigenvalue weighted by atomic mass is 35.5. The van der Waals surface area contributed by atoms with Crippen molar-refractivity contribution >= 4 is 34.4 Å². The fourth-order valence-corrected chi connectivity index (χ4v) is 8.95. The van der Waals surface area contributed by atoms with E-state index < -0.39 is 17.4 Å². The van der Waals surface area contributed by atoms with Gasteiger partial charge in [-0.25, -0.2) is 19.6 Å². The fraction of sp³-hybridized carbons (Fsp3) is 0.238. The number of halogens is 1. The van der Waals surface area contributed by atoms with Crippen LogP contribution in [0.4, 0.5) is 5.82 Å². The van der Waals surface area contributed by atoms with Crippen molar-refractivity contribution in [1.82, 2.24) is 34.5 Å². The lowest BCUT2D eigenvalue weighted by molar-refractivity contribution is -0.148. The Hall–Kier alpha value is -5.87. The van der Waals surface area contributed by atoms with Gasteiger partial charge in [0.25, 0.3) is 0 Å². The van der Waals surface area contributed by atoms with E-state index in [2.05, 4.69) is 46.8 Å². The first-order chi connectivity index (χ1) is 25.9. The van der Waals surface area contributed by atoms with Gasteiger partial charge in [-0.2, -0.15) is 10.2 Å². The molecule has 11 heteroatoms. The van der Waals surface area contributed by atoms with Gasteiger partial charge in [0.05, 0.1) is 28.2 Å². The highest BCUT2D eigenvalue weighted by molar-refractivity contribution is 6.31. The molecule has 2 atom stereocenters. The molecule has 0 aliphatic heterocycles. The summed E-state index contributed by atoms with van der Waals surface area (Å²) in [5.41, 5.74) is 4.54. The fourth-order valence-electron chi connectivity index (χ4n) is 8.79. The molecule has 264 valence electrons. The molecule has 4 heterocycles. The van der Waals surface area contributed by atoms with Crippen molar-refractivity contribution < 1.29 is 9.90 Å². The molecule has 10 rings (SSSR count). The number of hydrogen-bond acceptors (Lipinski definition) is 7. The van der Waals surface area contributed by atoms with E-state index in [0.717, 1.165) is 47.9 Å². The Morgan fingerprint density at radius 1 is 0.830 bits per heavy atom. The molecule has 10 nitrogen and oxygen atoms in total. The average molecular weight is 721 g/mol. The summed E-state index contributed by atoms with van der Waals surface area (Å²) in [5, 5.41) is 25.0. The molecule has 7 aromatic rings. The SMILES string of the molecule is Cn1cc(-c2cc(NC3C4CCC(CC4)C3C(=O)O)nc(-c3nn(C(c4ccccc4)(c4ccccc4)c4ccccc4)c4ncc(Cl)cc34)n2)cn1. The second-order valence-electron chi connectivity index (χ2n) is 14.2. The Kier molecular flexibility index (Phi) is 8.26. The standard InChI is InChI=1S/C42H37ClN8O2/c1-50-25-28(23-45-50)34-22-35(47-37-27-19-17-26(18-20-27)36(37)41(52)53)48-39(46-34)38-33-21-32(43)24-44-40(33)51(49-38)42(29-11-5-2-6-12-29,30-13-7-3-8-14-30)31-15-9-4-10-16-31/h2-16,21-27,36-37H,17-20H2,1H3,(H,52,53)(H,46,47,48). The van der Waals surface area contributed by atoms with Gasteiger partial charge in [0, 0.05) is 37.1 Å². The molecule has 4 aromatic heterocycles. The van der Waals surface area contributed by atoms with Crippen molar-refractivity contribution in [2.45, 2.75) is 37.3 Å². The zero-order valence-corrected chi connectivity index (χ0v) is 29.8. The third-order valence-corrected chi connectivity index (χ3v) is 11.3. The summed E-state index contributed by atoms with van der Waals surface area (Å²) in [7, 11) is 1.86. The van der Waals surface area contributed by atoms with Crippen LogP contribution < -0.4 is 5.32 Å². The number of hydrogen-bond donors (Lipinski definition) is 2. The van der Waals surface area contributed by atoms with E-state index in [1.165, 1.54) is 0 Å². The van der Waals surface area contributed by atoms with Gasteiger partial charge >= 0.3 is 5.97 Å².